The first-order valence-corrected chi connectivity index (χ1v) is 3.26. The normalized spacial score (nSPS) is 30.5. The molecule has 0 spiro atoms. The maximum atomic E-state index is 10.8. The molecular weight excluding hydrogens is 146 g/mol. The Labute approximate surface area is 64.8 Å². The van der Waals surface area contributed by atoms with Crippen molar-refractivity contribution in [1.82, 2.24) is 10.7 Å². The van der Waals surface area contributed by atoms with Crippen molar-refractivity contribution in [2.24, 2.45) is 5.10 Å². The van der Waals surface area contributed by atoms with E-state index in [0.29, 0.717) is 5.71 Å². The number of hydrogen-bond donors (Lipinski definition) is 2. The zero-order valence-electron chi connectivity index (χ0n) is 6.76. The lowest BCUT2D eigenvalue weighted by Gasteiger charge is -2.31. The first kappa shape index (κ1) is 8.00. The lowest BCUT2D eigenvalue weighted by Crippen LogP contribution is -2.59. The minimum Gasteiger partial charge on any atom is -0.354 e. The van der Waals surface area contributed by atoms with Crippen molar-refractivity contribution < 1.29 is 9.53 Å². The van der Waals surface area contributed by atoms with Crippen LogP contribution in [0.3, 0.4) is 0 Å². The van der Waals surface area contributed by atoms with Crippen molar-refractivity contribution in [3.63, 3.8) is 0 Å². The largest absolute Gasteiger partial charge is 0.354 e. The summed E-state index contributed by atoms with van der Waals surface area (Å²) in [6.45, 7) is 3.51. The highest BCUT2D eigenvalue weighted by atomic mass is 16.5. The van der Waals surface area contributed by atoms with Crippen LogP contribution in [0.1, 0.15) is 13.8 Å². The van der Waals surface area contributed by atoms with E-state index in [-0.39, 0.29) is 6.03 Å². The third-order valence-corrected chi connectivity index (χ3v) is 1.78. The first-order valence-electron chi connectivity index (χ1n) is 3.26. The molecule has 0 bridgehead atoms. The topological polar surface area (TPSA) is 62.7 Å². The lowest BCUT2D eigenvalue weighted by molar-refractivity contribution is 0.0413. The van der Waals surface area contributed by atoms with Gasteiger partial charge in [-0.05, 0) is 13.8 Å². The van der Waals surface area contributed by atoms with Gasteiger partial charge in [-0.3, -0.25) is 0 Å². The molecule has 1 rings (SSSR count). The molecule has 0 aromatic heterocycles. The summed E-state index contributed by atoms with van der Waals surface area (Å²) in [5.74, 6) is 0. The van der Waals surface area contributed by atoms with Crippen molar-refractivity contribution in [2.45, 2.75) is 19.6 Å². The molecule has 0 saturated heterocycles. The van der Waals surface area contributed by atoms with Gasteiger partial charge in [-0.15, -0.1) is 0 Å². The first-order chi connectivity index (χ1) is 5.08. The van der Waals surface area contributed by atoms with Crippen LogP contribution in [-0.2, 0) is 4.74 Å². The molecule has 0 radical (unpaired) electrons. The van der Waals surface area contributed by atoms with Crippen LogP contribution in [0.25, 0.3) is 0 Å². The lowest BCUT2D eigenvalue weighted by atomic mass is 10.1. The SMILES string of the molecule is COC1(C)NC(=O)NN=C1C. The van der Waals surface area contributed by atoms with Gasteiger partial charge in [-0.1, -0.05) is 0 Å². The highest BCUT2D eigenvalue weighted by Crippen LogP contribution is 2.09. The van der Waals surface area contributed by atoms with Crippen molar-refractivity contribution in [3.8, 4) is 0 Å². The van der Waals surface area contributed by atoms with Crippen molar-refractivity contribution in [1.29, 1.82) is 0 Å². The Kier molecular flexibility index (Phi) is 1.82. The van der Waals surface area contributed by atoms with Crippen LogP contribution in [0.5, 0.6) is 0 Å². The maximum Gasteiger partial charge on any atom is 0.337 e. The summed E-state index contributed by atoms with van der Waals surface area (Å²) >= 11 is 0. The Hall–Kier alpha value is -1.10. The minimum absolute atomic E-state index is 0.347. The predicted molar refractivity (Wildman–Crippen MR) is 40.2 cm³/mol. The van der Waals surface area contributed by atoms with Gasteiger partial charge in [0.15, 0.2) is 5.72 Å². The number of methoxy groups -OCH3 is 1. The quantitative estimate of drug-likeness (QED) is 0.564. The molecule has 5 nitrogen and oxygen atoms in total. The van der Waals surface area contributed by atoms with E-state index in [0.717, 1.165) is 0 Å². The van der Waals surface area contributed by atoms with Gasteiger partial charge in [0.1, 0.15) is 0 Å². The zero-order valence-corrected chi connectivity index (χ0v) is 6.76. The van der Waals surface area contributed by atoms with Crippen LogP contribution in [0.15, 0.2) is 5.10 Å². The van der Waals surface area contributed by atoms with Gasteiger partial charge < -0.3 is 10.1 Å². The number of ether oxygens (including phenoxy) is 1. The van der Waals surface area contributed by atoms with E-state index in [1.165, 1.54) is 7.11 Å². The van der Waals surface area contributed by atoms with Crippen molar-refractivity contribution >= 4 is 11.7 Å². The molecule has 2 N–H and O–H groups in total. The number of nitrogens with zero attached hydrogens (tertiary/aromatic N) is 1. The van der Waals surface area contributed by atoms with Gasteiger partial charge in [0.05, 0.1) is 5.71 Å². The molecule has 2 amide bonds. The van der Waals surface area contributed by atoms with Gasteiger partial charge in [0.2, 0.25) is 0 Å². The summed E-state index contributed by atoms with van der Waals surface area (Å²) < 4.78 is 5.06. The van der Waals surface area contributed by atoms with Gasteiger partial charge in [0.25, 0.3) is 0 Å². The van der Waals surface area contributed by atoms with Crippen LogP contribution in [-0.4, -0.2) is 24.6 Å². The van der Waals surface area contributed by atoms with Crippen LogP contribution < -0.4 is 10.7 Å². The second-order valence-corrected chi connectivity index (χ2v) is 2.50. The summed E-state index contributed by atoms with van der Waals surface area (Å²) in [4.78, 5) is 10.8. The Morgan fingerprint density at radius 1 is 1.64 bits per heavy atom. The molecule has 1 heterocycles. The Morgan fingerprint density at radius 3 is 2.73 bits per heavy atom. The molecule has 0 aliphatic carbocycles. The number of urea groups is 1. The van der Waals surface area contributed by atoms with Crippen LogP contribution in [0, 0.1) is 0 Å². The fourth-order valence-corrected chi connectivity index (χ4v) is 0.775. The summed E-state index contributed by atoms with van der Waals surface area (Å²) in [5.41, 5.74) is 2.21. The Balaban J connectivity index is 2.87. The van der Waals surface area contributed by atoms with Crippen LogP contribution >= 0.6 is 0 Å². The number of rotatable bonds is 1. The minimum atomic E-state index is -0.762. The van der Waals surface area contributed by atoms with E-state index >= 15 is 0 Å². The molecule has 0 saturated carbocycles. The number of hydrogen-bond acceptors (Lipinski definition) is 3. The molecular formula is C6H11N3O2. The molecule has 11 heavy (non-hydrogen) atoms. The highest BCUT2D eigenvalue weighted by molar-refractivity contribution is 5.96. The number of carbonyl (C=O) groups excluding carboxylic acids is 1. The van der Waals surface area contributed by atoms with Gasteiger partial charge >= 0.3 is 6.03 Å². The van der Waals surface area contributed by atoms with E-state index in [2.05, 4.69) is 15.8 Å². The molecule has 1 atom stereocenters. The zero-order chi connectivity index (χ0) is 8.48. The summed E-state index contributed by atoms with van der Waals surface area (Å²) in [7, 11) is 1.52. The molecule has 5 heteroatoms. The number of amides is 2. The fourth-order valence-electron chi connectivity index (χ4n) is 0.775. The number of nitrogens with one attached hydrogen (secondary N) is 2. The van der Waals surface area contributed by atoms with E-state index < -0.39 is 5.72 Å². The highest BCUT2D eigenvalue weighted by Gasteiger charge is 2.32. The maximum absolute atomic E-state index is 10.8. The Morgan fingerprint density at radius 2 is 2.27 bits per heavy atom. The van der Waals surface area contributed by atoms with E-state index in [9.17, 15) is 4.79 Å². The van der Waals surface area contributed by atoms with Crippen molar-refractivity contribution in [2.75, 3.05) is 7.11 Å². The van der Waals surface area contributed by atoms with Crippen LogP contribution in [0.4, 0.5) is 4.79 Å². The fraction of sp³-hybridized carbons (Fsp3) is 0.667. The average Bonchev–Trinajstić information content (AvgIpc) is 1.98. The molecule has 1 unspecified atom stereocenters. The molecule has 1 aliphatic rings. The molecule has 62 valence electrons. The molecule has 0 aromatic carbocycles. The second-order valence-electron chi connectivity index (χ2n) is 2.50. The Bertz CT molecular complexity index is 214. The number of carbonyl (C=O) groups is 1. The summed E-state index contributed by atoms with van der Waals surface area (Å²) in [6, 6.07) is -0.347. The van der Waals surface area contributed by atoms with Crippen molar-refractivity contribution in [3.05, 3.63) is 0 Å². The molecule has 1 aliphatic heterocycles. The van der Waals surface area contributed by atoms with Crippen LogP contribution in [0.2, 0.25) is 0 Å². The van der Waals surface area contributed by atoms with Gasteiger partial charge in [0, 0.05) is 7.11 Å². The standard InChI is InChI=1S/C6H11N3O2/c1-4-6(2,11-3)7-5(10)9-8-4/h1-3H3,(H2,7,9,10). The van der Waals surface area contributed by atoms with Gasteiger partial charge in [-0.2, -0.15) is 5.10 Å². The third-order valence-electron chi connectivity index (χ3n) is 1.78. The second kappa shape index (κ2) is 2.50. The molecule has 0 aromatic rings. The smallest absolute Gasteiger partial charge is 0.337 e. The summed E-state index contributed by atoms with van der Waals surface area (Å²) in [6.07, 6.45) is 0. The van der Waals surface area contributed by atoms with E-state index in [4.69, 9.17) is 4.74 Å². The average molecular weight is 157 g/mol. The monoisotopic (exact) mass is 157 g/mol. The van der Waals surface area contributed by atoms with E-state index in [1.807, 2.05) is 0 Å². The predicted octanol–water partition coefficient (Wildman–Crippen LogP) is 0.0377. The van der Waals surface area contributed by atoms with E-state index in [1.54, 1.807) is 13.8 Å². The third kappa shape index (κ3) is 1.32. The molecule has 0 fully saturated rings. The summed E-state index contributed by atoms with van der Waals surface area (Å²) in [5, 5.41) is 6.35. The van der Waals surface area contributed by atoms with Gasteiger partial charge in [-0.25, -0.2) is 10.2 Å². The number of hydrazone groups is 1.